The van der Waals surface area contributed by atoms with E-state index >= 15 is 0 Å². The molecule has 51 heavy (non-hydrogen) atoms. The van der Waals surface area contributed by atoms with Crippen molar-refractivity contribution in [2.75, 3.05) is 31.1 Å². The Bertz CT molecular complexity index is 2010. The second kappa shape index (κ2) is 15.0. The Hall–Kier alpha value is -5.21. The molecule has 7 rings (SSSR count). The molecule has 1 N–H and O–H groups in total. The molecule has 0 aliphatic carbocycles. The lowest BCUT2D eigenvalue weighted by molar-refractivity contribution is -0.118. The first kappa shape index (κ1) is 34.2. The van der Waals surface area contributed by atoms with Crippen LogP contribution in [0.15, 0.2) is 103 Å². The van der Waals surface area contributed by atoms with Crippen LogP contribution in [0.2, 0.25) is 0 Å². The summed E-state index contributed by atoms with van der Waals surface area (Å²) in [5.41, 5.74) is 8.24. The van der Waals surface area contributed by atoms with Crippen molar-refractivity contribution in [3.05, 3.63) is 137 Å². The third-order valence-corrected chi connectivity index (χ3v) is 10.6. The molecule has 0 radical (unpaired) electrons. The van der Waals surface area contributed by atoms with Crippen molar-refractivity contribution in [1.29, 1.82) is 0 Å². The molecule has 0 atom stereocenters. The number of benzene rings is 4. The van der Waals surface area contributed by atoms with Crippen LogP contribution in [-0.4, -0.2) is 57.8 Å². The molecule has 0 spiro atoms. The van der Waals surface area contributed by atoms with Gasteiger partial charge in [0.2, 0.25) is 5.91 Å². The predicted octanol–water partition coefficient (Wildman–Crippen LogP) is 7.48. The van der Waals surface area contributed by atoms with Crippen LogP contribution < -0.4 is 9.64 Å². The summed E-state index contributed by atoms with van der Waals surface area (Å²) in [5.74, 6) is 0.990. The Labute approximate surface area is 300 Å². The first-order chi connectivity index (χ1) is 24.8. The minimum Gasteiger partial charge on any atom is -0.493 e. The number of aryl methyl sites for hydroxylation is 1. The zero-order valence-corrected chi connectivity index (χ0v) is 29.6. The van der Waals surface area contributed by atoms with Gasteiger partial charge in [-0.2, -0.15) is 5.10 Å². The van der Waals surface area contributed by atoms with Crippen LogP contribution in [0.25, 0.3) is 11.1 Å². The van der Waals surface area contributed by atoms with Crippen LogP contribution in [-0.2, 0) is 23.4 Å². The molecule has 2 amide bonds. The molecule has 2 aliphatic rings. The number of aromatic nitrogens is 2. The molecule has 262 valence electrons. The highest BCUT2D eigenvalue weighted by atomic mass is 16.5. The fraction of sp³-hybridized carbons (Fsp3) is 0.326. The van der Waals surface area contributed by atoms with E-state index < -0.39 is 5.60 Å². The Morgan fingerprint density at radius 3 is 2.51 bits per heavy atom. The SMILES string of the molecule is Cc1cccc(OCCCC(=O)N2CCCc3c(-c4cnn(Cc5cccc(C(=O)N6CCC(O)(c7ccccc7)CC6)c5)c4)cccc32)c1C. The molecule has 4 aromatic carbocycles. The summed E-state index contributed by atoms with van der Waals surface area (Å²) in [6.45, 7) is 6.89. The number of anilines is 1. The van der Waals surface area contributed by atoms with Crippen LogP contribution >= 0.6 is 0 Å². The van der Waals surface area contributed by atoms with E-state index in [1.165, 1.54) is 11.1 Å². The van der Waals surface area contributed by atoms with Crippen molar-refractivity contribution < 1.29 is 19.4 Å². The number of fused-ring (bicyclic) bond motifs is 1. The van der Waals surface area contributed by atoms with E-state index in [0.717, 1.165) is 52.1 Å². The number of hydrogen-bond donors (Lipinski definition) is 1. The van der Waals surface area contributed by atoms with Crippen LogP contribution in [0.5, 0.6) is 5.75 Å². The number of carbonyl (C=O) groups is 2. The third kappa shape index (κ3) is 7.47. The van der Waals surface area contributed by atoms with Gasteiger partial charge in [-0.3, -0.25) is 14.3 Å². The molecular formula is C43H46N4O4. The number of piperidine rings is 1. The lowest BCUT2D eigenvalue weighted by Gasteiger charge is -2.38. The van der Waals surface area contributed by atoms with E-state index in [1.807, 2.05) is 99.7 Å². The van der Waals surface area contributed by atoms with Gasteiger partial charge in [0.25, 0.3) is 5.91 Å². The summed E-state index contributed by atoms with van der Waals surface area (Å²) in [4.78, 5) is 30.7. The molecule has 0 bridgehead atoms. The summed E-state index contributed by atoms with van der Waals surface area (Å²) >= 11 is 0. The minimum absolute atomic E-state index is 0.0166. The molecule has 8 nitrogen and oxygen atoms in total. The van der Waals surface area contributed by atoms with Crippen molar-refractivity contribution in [3.8, 4) is 16.9 Å². The summed E-state index contributed by atoms with van der Waals surface area (Å²) in [6.07, 6.45) is 7.86. The molecule has 1 aromatic heterocycles. The van der Waals surface area contributed by atoms with Gasteiger partial charge in [-0.05, 0) is 104 Å². The molecular weight excluding hydrogens is 636 g/mol. The zero-order valence-electron chi connectivity index (χ0n) is 29.6. The van der Waals surface area contributed by atoms with Gasteiger partial charge in [0.05, 0.1) is 24.9 Å². The highest BCUT2D eigenvalue weighted by Crippen LogP contribution is 2.36. The molecule has 1 fully saturated rings. The van der Waals surface area contributed by atoms with Crippen molar-refractivity contribution in [2.24, 2.45) is 0 Å². The summed E-state index contributed by atoms with van der Waals surface area (Å²) in [5, 5.41) is 15.9. The van der Waals surface area contributed by atoms with Crippen molar-refractivity contribution in [3.63, 3.8) is 0 Å². The largest absolute Gasteiger partial charge is 0.493 e. The Kier molecular flexibility index (Phi) is 10.0. The maximum atomic E-state index is 13.5. The predicted molar refractivity (Wildman–Crippen MR) is 200 cm³/mol. The average Bonchev–Trinajstić information content (AvgIpc) is 3.63. The zero-order chi connectivity index (χ0) is 35.4. The van der Waals surface area contributed by atoms with Crippen LogP contribution in [0, 0.1) is 13.8 Å². The fourth-order valence-electron chi connectivity index (χ4n) is 7.45. The monoisotopic (exact) mass is 682 g/mol. The van der Waals surface area contributed by atoms with Gasteiger partial charge in [-0.25, -0.2) is 0 Å². The van der Waals surface area contributed by atoms with Gasteiger partial charge in [0.15, 0.2) is 0 Å². The van der Waals surface area contributed by atoms with Crippen molar-refractivity contribution >= 4 is 17.5 Å². The summed E-state index contributed by atoms with van der Waals surface area (Å²) in [6, 6.07) is 29.7. The molecule has 2 aliphatic heterocycles. The fourth-order valence-corrected chi connectivity index (χ4v) is 7.45. The van der Waals surface area contributed by atoms with Gasteiger partial charge in [0.1, 0.15) is 5.75 Å². The Morgan fingerprint density at radius 1 is 0.902 bits per heavy atom. The van der Waals surface area contributed by atoms with Gasteiger partial charge in [0, 0.05) is 49.1 Å². The number of carbonyl (C=O) groups excluding carboxylic acids is 2. The summed E-state index contributed by atoms with van der Waals surface area (Å²) < 4.78 is 7.91. The van der Waals surface area contributed by atoms with Crippen LogP contribution in [0.3, 0.4) is 0 Å². The van der Waals surface area contributed by atoms with E-state index in [1.54, 1.807) is 0 Å². The van der Waals surface area contributed by atoms with E-state index in [4.69, 9.17) is 4.74 Å². The first-order valence-corrected chi connectivity index (χ1v) is 18.1. The maximum absolute atomic E-state index is 13.5. The topological polar surface area (TPSA) is 87.9 Å². The smallest absolute Gasteiger partial charge is 0.253 e. The van der Waals surface area contributed by atoms with E-state index in [2.05, 4.69) is 37.1 Å². The van der Waals surface area contributed by atoms with Gasteiger partial charge < -0.3 is 19.6 Å². The maximum Gasteiger partial charge on any atom is 0.253 e. The first-order valence-electron chi connectivity index (χ1n) is 18.1. The number of ether oxygens (including phenoxy) is 1. The summed E-state index contributed by atoms with van der Waals surface area (Å²) in [7, 11) is 0. The lowest BCUT2D eigenvalue weighted by Crippen LogP contribution is -2.45. The normalized spacial score (nSPS) is 15.4. The Morgan fingerprint density at radius 2 is 1.69 bits per heavy atom. The molecule has 8 heteroatoms. The third-order valence-electron chi connectivity index (χ3n) is 10.6. The highest BCUT2D eigenvalue weighted by molar-refractivity contribution is 5.96. The number of aliphatic hydroxyl groups is 1. The Balaban J connectivity index is 0.977. The van der Waals surface area contributed by atoms with Gasteiger partial charge in [-0.15, -0.1) is 0 Å². The molecule has 0 saturated carbocycles. The molecule has 3 heterocycles. The van der Waals surface area contributed by atoms with Crippen LogP contribution in [0.1, 0.15) is 70.3 Å². The lowest BCUT2D eigenvalue weighted by atomic mass is 9.84. The second-order valence-electron chi connectivity index (χ2n) is 13.9. The quantitative estimate of drug-likeness (QED) is 0.154. The number of nitrogens with zero attached hydrogens (tertiary/aromatic N) is 4. The molecule has 1 saturated heterocycles. The van der Waals surface area contributed by atoms with E-state index in [9.17, 15) is 14.7 Å². The van der Waals surface area contributed by atoms with E-state index in [-0.39, 0.29) is 11.8 Å². The number of hydrogen-bond acceptors (Lipinski definition) is 5. The second-order valence-corrected chi connectivity index (χ2v) is 13.9. The van der Waals surface area contributed by atoms with E-state index in [0.29, 0.717) is 64.0 Å². The number of likely N-dealkylation sites (tertiary alicyclic amines) is 1. The van der Waals surface area contributed by atoms with Gasteiger partial charge in [-0.1, -0.05) is 66.7 Å². The van der Waals surface area contributed by atoms with Gasteiger partial charge >= 0.3 is 0 Å². The number of amides is 2. The highest BCUT2D eigenvalue weighted by Gasteiger charge is 2.35. The average molecular weight is 683 g/mol. The standard InChI is InChI=1S/C43H46N4O4/c1-31-11-6-19-40(32(31)2)51-26-10-20-41(48)47-23-9-17-38-37(16-8-18-39(38)47)35-28-44-46(30-35)29-33-12-7-13-34(27-33)42(49)45-24-21-43(50,22-25-45)36-14-4-3-5-15-36/h3-8,11-16,18-19,27-28,30,50H,9-10,17,20-26,29H2,1-2H3. The molecule has 5 aromatic rings. The van der Waals surface area contributed by atoms with Crippen LogP contribution in [0.4, 0.5) is 5.69 Å². The minimum atomic E-state index is -0.903. The molecule has 0 unspecified atom stereocenters. The van der Waals surface area contributed by atoms with Crippen molar-refractivity contribution in [2.45, 2.75) is 64.5 Å². The number of rotatable bonds is 10. The van der Waals surface area contributed by atoms with Crippen molar-refractivity contribution in [1.82, 2.24) is 14.7 Å².